The van der Waals surface area contributed by atoms with Crippen LogP contribution in [0, 0.1) is 5.92 Å². The van der Waals surface area contributed by atoms with E-state index in [1.807, 2.05) is 6.07 Å². The van der Waals surface area contributed by atoms with Gasteiger partial charge in [-0.2, -0.15) is 0 Å². The minimum Gasteiger partial charge on any atom is -0.437 e. The van der Waals surface area contributed by atoms with Crippen molar-refractivity contribution in [3.05, 3.63) is 82.4 Å². The van der Waals surface area contributed by atoms with Gasteiger partial charge >= 0.3 is 0 Å². The first-order chi connectivity index (χ1) is 20.1. The van der Waals surface area contributed by atoms with Crippen LogP contribution in [-0.2, 0) is 17.8 Å². The van der Waals surface area contributed by atoms with E-state index in [1.54, 1.807) is 53.4 Å². The summed E-state index contributed by atoms with van der Waals surface area (Å²) >= 11 is 0. The summed E-state index contributed by atoms with van der Waals surface area (Å²) in [6.07, 6.45) is 1.63. The number of ether oxygens (including phenoxy) is 1. The number of nitrogen functional groups attached to an aromatic ring is 1. The number of aliphatic hydroxyl groups excluding tert-OH is 1. The minimum atomic E-state index is -2.81. The highest BCUT2D eigenvalue weighted by molar-refractivity contribution is 5.80. The normalized spacial score (nSPS) is 21.6. The first-order valence-corrected chi connectivity index (χ1v) is 14.2. The molecule has 224 valence electrons. The number of amides is 1. The number of hydrogen-bond acceptors (Lipinski definition) is 7. The third-order valence-electron chi connectivity index (χ3n) is 8.42. The highest BCUT2D eigenvalue weighted by Crippen LogP contribution is 2.46. The van der Waals surface area contributed by atoms with Gasteiger partial charge in [-0.25, -0.2) is 13.8 Å². The van der Waals surface area contributed by atoms with E-state index in [4.69, 9.17) is 15.6 Å². The van der Waals surface area contributed by atoms with Crippen molar-refractivity contribution in [3.63, 3.8) is 0 Å². The standard InChI is InChI=1S/C31H36F2N4O5/c32-31(33)12-10-24(25(18-31)22-4-2-1-3-5-22)28(39)36-15-13-30(41,14-16-36)19-37-20-35-27(26(34)29(37)40)42-23-8-6-21(7-9-23)11-17-38/h1-9,20,24-25,38,41H,10-19,34H2/t24-,25+/m1/s1. The van der Waals surface area contributed by atoms with Crippen LogP contribution >= 0.6 is 0 Å². The molecule has 2 fully saturated rings. The number of aliphatic hydroxyl groups is 2. The molecule has 2 atom stereocenters. The number of carbonyl (C=O) groups excluding carboxylic acids is 1. The lowest BCUT2D eigenvalue weighted by atomic mass is 9.73. The molecule has 5 rings (SSSR count). The largest absolute Gasteiger partial charge is 0.437 e. The predicted octanol–water partition coefficient (Wildman–Crippen LogP) is 3.73. The number of rotatable bonds is 8. The Morgan fingerprint density at radius 1 is 1.07 bits per heavy atom. The van der Waals surface area contributed by atoms with Crippen molar-refractivity contribution < 1.29 is 28.5 Å². The molecule has 42 heavy (non-hydrogen) atoms. The highest BCUT2D eigenvalue weighted by atomic mass is 19.3. The Hall–Kier alpha value is -3.83. The Labute approximate surface area is 242 Å². The summed E-state index contributed by atoms with van der Waals surface area (Å²) in [4.78, 5) is 32.4. The fourth-order valence-corrected chi connectivity index (χ4v) is 5.98. The molecular formula is C31H36F2N4O5. The number of piperidine rings is 1. The molecule has 1 aliphatic carbocycles. The second-order valence-corrected chi connectivity index (χ2v) is 11.4. The lowest BCUT2D eigenvalue weighted by Crippen LogP contribution is -2.52. The second kappa shape index (κ2) is 12.2. The number of nitrogens with two attached hydrogens (primary N) is 1. The van der Waals surface area contributed by atoms with Gasteiger partial charge in [-0.3, -0.25) is 14.2 Å². The van der Waals surface area contributed by atoms with Crippen molar-refractivity contribution in [3.8, 4) is 11.6 Å². The summed E-state index contributed by atoms with van der Waals surface area (Å²) in [6.45, 7) is 0.456. The average molecular weight is 583 g/mol. The fraction of sp³-hybridized carbons (Fsp3) is 0.452. The van der Waals surface area contributed by atoms with Crippen LogP contribution in [0.2, 0.25) is 0 Å². The second-order valence-electron chi connectivity index (χ2n) is 11.4. The number of hydrogen-bond donors (Lipinski definition) is 3. The number of nitrogens with zero attached hydrogens (tertiary/aromatic N) is 3. The molecule has 2 heterocycles. The van der Waals surface area contributed by atoms with Crippen molar-refractivity contribution in [2.75, 3.05) is 25.4 Å². The lowest BCUT2D eigenvalue weighted by molar-refractivity contribution is -0.145. The van der Waals surface area contributed by atoms with Crippen LogP contribution in [0.25, 0.3) is 0 Å². The van der Waals surface area contributed by atoms with E-state index in [9.17, 15) is 23.5 Å². The van der Waals surface area contributed by atoms with Crippen molar-refractivity contribution in [1.82, 2.24) is 14.5 Å². The molecule has 1 saturated heterocycles. The van der Waals surface area contributed by atoms with Crippen LogP contribution in [-0.4, -0.2) is 61.8 Å². The van der Waals surface area contributed by atoms with Gasteiger partial charge in [-0.05, 0) is 48.9 Å². The molecule has 1 saturated carbocycles. The van der Waals surface area contributed by atoms with Crippen LogP contribution in [0.3, 0.4) is 0 Å². The zero-order valence-corrected chi connectivity index (χ0v) is 23.3. The van der Waals surface area contributed by atoms with Gasteiger partial charge in [-0.15, -0.1) is 0 Å². The first-order valence-electron chi connectivity index (χ1n) is 14.2. The summed E-state index contributed by atoms with van der Waals surface area (Å²) in [7, 11) is 0. The summed E-state index contributed by atoms with van der Waals surface area (Å²) in [5.41, 5.74) is 5.67. The molecule has 0 bridgehead atoms. The monoisotopic (exact) mass is 582 g/mol. The van der Waals surface area contributed by atoms with Crippen molar-refractivity contribution in [2.45, 2.75) is 62.5 Å². The molecule has 1 aliphatic heterocycles. The quantitative estimate of drug-likeness (QED) is 0.369. The Bertz CT molecular complexity index is 1440. The van der Waals surface area contributed by atoms with E-state index in [0.717, 1.165) is 11.1 Å². The van der Waals surface area contributed by atoms with E-state index >= 15 is 0 Å². The molecule has 0 unspecified atom stereocenters. The Morgan fingerprint density at radius 3 is 2.43 bits per heavy atom. The van der Waals surface area contributed by atoms with Gasteiger partial charge in [0.15, 0.2) is 5.69 Å². The molecule has 4 N–H and O–H groups in total. The van der Waals surface area contributed by atoms with Gasteiger partial charge < -0.3 is 25.6 Å². The van der Waals surface area contributed by atoms with E-state index < -0.39 is 28.9 Å². The van der Waals surface area contributed by atoms with Crippen LogP contribution in [0.15, 0.2) is 65.7 Å². The van der Waals surface area contributed by atoms with Gasteiger partial charge in [0.05, 0.1) is 12.1 Å². The maximum Gasteiger partial charge on any atom is 0.280 e. The number of alkyl halides is 2. The summed E-state index contributed by atoms with van der Waals surface area (Å²) in [5, 5.41) is 20.4. The highest BCUT2D eigenvalue weighted by Gasteiger charge is 2.46. The van der Waals surface area contributed by atoms with Crippen molar-refractivity contribution in [1.29, 1.82) is 0 Å². The molecule has 9 nitrogen and oxygen atoms in total. The van der Waals surface area contributed by atoms with Crippen LogP contribution in [0.1, 0.15) is 49.1 Å². The van der Waals surface area contributed by atoms with E-state index in [0.29, 0.717) is 12.2 Å². The van der Waals surface area contributed by atoms with Gasteiger partial charge in [0, 0.05) is 44.4 Å². The summed E-state index contributed by atoms with van der Waals surface area (Å²) in [6, 6.07) is 16.0. The third-order valence-corrected chi connectivity index (χ3v) is 8.42. The van der Waals surface area contributed by atoms with Crippen molar-refractivity contribution >= 4 is 11.6 Å². The number of halogens is 2. The third kappa shape index (κ3) is 6.63. The van der Waals surface area contributed by atoms with E-state index in [-0.39, 0.29) is 75.8 Å². The minimum absolute atomic E-state index is 0.0321. The summed E-state index contributed by atoms with van der Waals surface area (Å²) in [5.74, 6) is -3.73. The zero-order valence-electron chi connectivity index (χ0n) is 23.3. The Kier molecular flexibility index (Phi) is 8.60. The smallest absolute Gasteiger partial charge is 0.280 e. The SMILES string of the molecule is Nc1c(Oc2ccc(CCO)cc2)ncn(CC2(O)CCN(C(=O)[C@@H]3CCC(F)(F)C[C@H]3c3ccccc3)CC2)c1=O. The number of anilines is 1. The number of carbonyl (C=O) groups is 1. The predicted molar refractivity (Wildman–Crippen MR) is 152 cm³/mol. The van der Waals surface area contributed by atoms with E-state index in [1.165, 1.54) is 10.9 Å². The topological polar surface area (TPSA) is 131 Å². The fourth-order valence-electron chi connectivity index (χ4n) is 5.98. The lowest BCUT2D eigenvalue weighted by Gasteiger charge is -2.42. The van der Waals surface area contributed by atoms with Gasteiger partial charge in [0.25, 0.3) is 5.56 Å². The first kappa shape index (κ1) is 29.7. The maximum absolute atomic E-state index is 14.3. The van der Waals surface area contributed by atoms with Crippen LogP contribution < -0.4 is 16.0 Å². The number of aromatic nitrogens is 2. The molecule has 0 radical (unpaired) electrons. The van der Waals surface area contributed by atoms with E-state index in [2.05, 4.69) is 4.98 Å². The molecule has 0 spiro atoms. The Balaban J connectivity index is 1.22. The molecule has 1 aromatic heterocycles. The van der Waals surface area contributed by atoms with Gasteiger partial charge in [0.1, 0.15) is 12.1 Å². The van der Waals surface area contributed by atoms with Crippen LogP contribution in [0.4, 0.5) is 14.5 Å². The molecule has 11 heteroatoms. The molecule has 3 aromatic rings. The molecule has 2 aromatic carbocycles. The number of benzene rings is 2. The van der Waals surface area contributed by atoms with Gasteiger partial charge in [0.2, 0.25) is 17.7 Å². The van der Waals surface area contributed by atoms with Crippen LogP contribution in [0.5, 0.6) is 11.6 Å². The molecular weight excluding hydrogens is 546 g/mol. The van der Waals surface area contributed by atoms with Gasteiger partial charge in [-0.1, -0.05) is 42.5 Å². The molecule has 1 amide bonds. The summed E-state index contributed by atoms with van der Waals surface area (Å²) < 4.78 is 35.6. The van der Waals surface area contributed by atoms with Crippen molar-refractivity contribution in [2.24, 2.45) is 5.92 Å². The maximum atomic E-state index is 14.3. The zero-order chi connectivity index (χ0) is 29.9. The number of likely N-dealkylation sites (tertiary alicyclic amines) is 1. The Morgan fingerprint density at radius 2 is 1.76 bits per heavy atom. The molecule has 2 aliphatic rings. The average Bonchev–Trinajstić information content (AvgIpc) is 2.98.